The standard InChI is InChI=1S/C25H28ClN5O2/c1-33-18-11-12-20-19(14-18)25(30-22-5-3-2-4-21(22)28-15-23(27)32)31-24(29-20)13-8-16-6-9-17(26)10-7-16/h6-14,21-22,28H,2-5,15H2,1H3,(H2,27,32)(H,29,30,31)/b13-8-. The van der Waals surface area contributed by atoms with Crippen LogP contribution in [0.2, 0.25) is 5.02 Å². The summed E-state index contributed by atoms with van der Waals surface area (Å²) >= 11 is 5.99. The summed E-state index contributed by atoms with van der Waals surface area (Å²) in [6, 6.07) is 13.6. The topological polar surface area (TPSA) is 102 Å². The lowest BCUT2D eigenvalue weighted by atomic mass is 9.90. The van der Waals surface area contributed by atoms with E-state index in [9.17, 15) is 4.79 Å². The van der Waals surface area contributed by atoms with Crippen LogP contribution in [0.25, 0.3) is 23.1 Å². The zero-order valence-electron chi connectivity index (χ0n) is 18.6. The number of primary amides is 1. The molecule has 7 nitrogen and oxygen atoms in total. The summed E-state index contributed by atoms with van der Waals surface area (Å²) in [6.45, 7) is 0.163. The van der Waals surface area contributed by atoms with Gasteiger partial charge in [-0.3, -0.25) is 4.79 Å². The van der Waals surface area contributed by atoms with E-state index < -0.39 is 0 Å². The van der Waals surface area contributed by atoms with Crippen molar-refractivity contribution in [1.82, 2.24) is 15.3 Å². The summed E-state index contributed by atoms with van der Waals surface area (Å²) in [5.41, 5.74) is 7.18. The SMILES string of the molecule is COc1ccc2nc(/C=C\c3ccc(Cl)cc3)nc(NC3CCCCC3NCC(N)=O)c2c1. The number of amides is 1. The van der Waals surface area contributed by atoms with Gasteiger partial charge in [-0.1, -0.05) is 42.7 Å². The first-order chi connectivity index (χ1) is 16.0. The highest BCUT2D eigenvalue weighted by atomic mass is 35.5. The molecule has 2 atom stereocenters. The Morgan fingerprint density at radius 2 is 1.88 bits per heavy atom. The summed E-state index contributed by atoms with van der Waals surface area (Å²) in [7, 11) is 1.64. The summed E-state index contributed by atoms with van der Waals surface area (Å²) < 4.78 is 5.43. The molecule has 33 heavy (non-hydrogen) atoms. The number of hydrogen-bond acceptors (Lipinski definition) is 6. The molecule has 172 valence electrons. The van der Waals surface area contributed by atoms with Gasteiger partial charge in [-0.05, 0) is 54.8 Å². The van der Waals surface area contributed by atoms with Crippen molar-refractivity contribution in [3.8, 4) is 5.75 Å². The van der Waals surface area contributed by atoms with Gasteiger partial charge in [0.1, 0.15) is 11.6 Å². The van der Waals surface area contributed by atoms with Gasteiger partial charge in [0.25, 0.3) is 0 Å². The first-order valence-electron chi connectivity index (χ1n) is 11.1. The number of methoxy groups -OCH3 is 1. The van der Waals surface area contributed by atoms with Crippen molar-refractivity contribution in [1.29, 1.82) is 0 Å². The summed E-state index contributed by atoms with van der Waals surface area (Å²) in [5, 5.41) is 8.50. The van der Waals surface area contributed by atoms with Crippen molar-refractivity contribution >= 4 is 46.4 Å². The Hall–Kier alpha value is -3.16. The zero-order valence-corrected chi connectivity index (χ0v) is 19.3. The van der Waals surface area contributed by atoms with E-state index in [0.29, 0.717) is 10.8 Å². The molecule has 1 amide bonds. The number of aromatic nitrogens is 2. The third-order valence-corrected chi connectivity index (χ3v) is 6.09. The van der Waals surface area contributed by atoms with Gasteiger partial charge in [-0.25, -0.2) is 9.97 Å². The van der Waals surface area contributed by atoms with Crippen molar-refractivity contribution in [2.45, 2.75) is 37.8 Å². The van der Waals surface area contributed by atoms with Crippen molar-refractivity contribution in [3.05, 3.63) is 58.9 Å². The fourth-order valence-corrected chi connectivity index (χ4v) is 4.26. The van der Waals surface area contributed by atoms with E-state index in [2.05, 4.69) is 10.6 Å². The van der Waals surface area contributed by atoms with E-state index >= 15 is 0 Å². The van der Waals surface area contributed by atoms with Gasteiger partial charge in [0.05, 0.1) is 19.2 Å². The number of nitrogens with one attached hydrogen (secondary N) is 2. The Bertz CT molecular complexity index is 1150. The van der Waals surface area contributed by atoms with Crippen molar-refractivity contribution in [2.24, 2.45) is 5.73 Å². The Morgan fingerprint density at radius 1 is 1.12 bits per heavy atom. The number of ether oxygens (including phenoxy) is 1. The Kier molecular flexibility index (Phi) is 7.42. The number of fused-ring (bicyclic) bond motifs is 1. The Labute approximate surface area is 198 Å². The third kappa shape index (κ3) is 6.00. The number of nitrogens with two attached hydrogens (primary N) is 1. The molecular formula is C25H28ClN5O2. The number of hydrogen-bond donors (Lipinski definition) is 3. The summed E-state index contributed by atoms with van der Waals surface area (Å²) in [4.78, 5) is 20.8. The average molecular weight is 466 g/mol. The highest BCUT2D eigenvalue weighted by molar-refractivity contribution is 6.30. The summed E-state index contributed by atoms with van der Waals surface area (Å²) in [5.74, 6) is 1.73. The predicted octanol–water partition coefficient (Wildman–Crippen LogP) is 4.26. The largest absolute Gasteiger partial charge is 0.497 e. The van der Waals surface area contributed by atoms with Gasteiger partial charge in [-0.2, -0.15) is 0 Å². The van der Waals surface area contributed by atoms with Crippen molar-refractivity contribution < 1.29 is 9.53 Å². The molecule has 0 bridgehead atoms. The maximum atomic E-state index is 11.3. The molecular weight excluding hydrogens is 438 g/mol. The smallest absolute Gasteiger partial charge is 0.231 e. The molecule has 4 N–H and O–H groups in total. The minimum absolute atomic E-state index is 0.121. The lowest BCUT2D eigenvalue weighted by Crippen LogP contribution is -2.48. The van der Waals surface area contributed by atoms with Crippen LogP contribution < -0.4 is 21.1 Å². The highest BCUT2D eigenvalue weighted by Crippen LogP contribution is 2.29. The highest BCUT2D eigenvalue weighted by Gasteiger charge is 2.26. The predicted molar refractivity (Wildman–Crippen MR) is 133 cm³/mol. The lowest BCUT2D eigenvalue weighted by Gasteiger charge is -2.33. The van der Waals surface area contributed by atoms with Crippen LogP contribution in [0.3, 0.4) is 0 Å². The molecule has 1 saturated carbocycles. The normalized spacial score (nSPS) is 18.5. The van der Waals surface area contributed by atoms with Gasteiger partial charge < -0.3 is 21.1 Å². The van der Waals surface area contributed by atoms with Gasteiger partial charge in [-0.15, -0.1) is 0 Å². The second-order valence-electron chi connectivity index (χ2n) is 8.19. The van der Waals surface area contributed by atoms with Gasteiger partial charge in [0.2, 0.25) is 5.91 Å². The van der Waals surface area contributed by atoms with E-state index in [4.69, 9.17) is 32.0 Å². The number of carbonyl (C=O) groups is 1. The minimum atomic E-state index is -0.355. The summed E-state index contributed by atoms with van der Waals surface area (Å²) in [6.07, 6.45) is 8.02. The van der Waals surface area contributed by atoms with Crippen molar-refractivity contribution in [3.63, 3.8) is 0 Å². The molecule has 4 rings (SSSR count). The maximum absolute atomic E-state index is 11.3. The maximum Gasteiger partial charge on any atom is 0.231 e. The Balaban J connectivity index is 1.66. The minimum Gasteiger partial charge on any atom is -0.497 e. The zero-order chi connectivity index (χ0) is 23.2. The molecule has 1 aliphatic carbocycles. The fourth-order valence-electron chi connectivity index (χ4n) is 4.14. The van der Waals surface area contributed by atoms with Crippen LogP contribution in [0, 0.1) is 0 Å². The molecule has 0 saturated heterocycles. The second kappa shape index (κ2) is 10.6. The Morgan fingerprint density at radius 3 is 2.61 bits per heavy atom. The number of nitrogens with zero attached hydrogens (tertiary/aromatic N) is 2. The van der Waals surface area contributed by atoms with Gasteiger partial charge in [0, 0.05) is 22.5 Å². The first kappa shape index (κ1) is 23.0. The number of carbonyl (C=O) groups excluding carboxylic acids is 1. The van der Waals surface area contributed by atoms with Crippen LogP contribution in [0.15, 0.2) is 42.5 Å². The average Bonchev–Trinajstić information content (AvgIpc) is 2.83. The van der Waals surface area contributed by atoms with Gasteiger partial charge >= 0.3 is 0 Å². The van der Waals surface area contributed by atoms with Gasteiger partial charge in [0.15, 0.2) is 5.82 Å². The van der Waals surface area contributed by atoms with Crippen LogP contribution >= 0.6 is 11.6 Å². The molecule has 1 heterocycles. The molecule has 1 fully saturated rings. The van der Waals surface area contributed by atoms with E-state index in [-0.39, 0.29) is 24.5 Å². The molecule has 2 aromatic carbocycles. The van der Waals surface area contributed by atoms with Crippen LogP contribution in [0.5, 0.6) is 5.75 Å². The molecule has 8 heteroatoms. The molecule has 0 aliphatic heterocycles. The van der Waals surface area contributed by atoms with E-state index in [0.717, 1.165) is 53.7 Å². The molecule has 1 aromatic heterocycles. The third-order valence-electron chi connectivity index (χ3n) is 5.84. The number of halogens is 1. The molecule has 2 unspecified atom stereocenters. The molecule has 0 spiro atoms. The molecule has 3 aromatic rings. The number of benzene rings is 2. The first-order valence-corrected chi connectivity index (χ1v) is 11.5. The number of rotatable bonds is 8. The fraction of sp³-hybridized carbons (Fsp3) is 0.320. The van der Waals surface area contributed by atoms with E-state index in [1.54, 1.807) is 7.11 Å². The molecule has 1 aliphatic rings. The van der Waals surface area contributed by atoms with E-state index in [1.165, 1.54) is 0 Å². The monoisotopic (exact) mass is 465 g/mol. The van der Waals surface area contributed by atoms with Crippen LogP contribution in [0.1, 0.15) is 37.1 Å². The van der Waals surface area contributed by atoms with Crippen molar-refractivity contribution in [2.75, 3.05) is 19.0 Å². The second-order valence-corrected chi connectivity index (χ2v) is 8.62. The quantitative estimate of drug-likeness (QED) is 0.459. The van der Waals surface area contributed by atoms with Crippen LogP contribution in [0.4, 0.5) is 5.82 Å². The molecule has 0 radical (unpaired) electrons. The van der Waals surface area contributed by atoms with E-state index in [1.807, 2.05) is 54.6 Å². The van der Waals surface area contributed by atoms with Crippen LogP contribution in [-0.4, -0.2) is 41.6 Å². The number of anilines is 1. The van der Waals surface area contributed by atoms with Crippen LogP contribution in [-0.2, 0) is 4.79 Å². The lowest BCUT2D eigenvalue weighted by molar-refractivity contribution is -0.117.